The number of aromatic nitrogens is 1. The molecule has 0 saturated carbocycles. The lowest BCUT2D eigenvalue weighted by Crippen LogP contribution is -2.19. The van der Waals surface area contributed by atoms with Crippen LogP contribution in [0.1, 0.15) is 11.1 Å². The Morgan fingerprint density at radius 3 is 2.65 bits per heavy atom. The lowest BCUT2D eigenvalue weighted by Gasteiger charge is -2.01. The molecule has 0 aliphatic heterocycles. The van der Waals surface area contributed by atoms with Gasteiger partial charge in [-0.1, -0.05) is 47.5 Å². The Bertz CT molecular complexity index is 866. The molecule has 1 aromatic heterocycles. The minimum Gasteiger partial charge on any atom is -0.361 e. The standard InChI is InChI=1S/C17H13Cl2N3O/c18-14-5-3-6-15(19)13(14)10-21-22-17(23)8-11-9-20-16-7-2-1-4-12(11)16/h1-7,9-10,20H,8H2,(H,22,23). The highest BCUT2D eigenvalue weighted by Gasteiger charge is 2.08. The molecule has 23 heavy (non-hydrogen) atoms. The van der Waals surface area contributed by atoms with E-state index < -0.39 is 0 Å². The highest BCUT2D eigenvalue weighted by Crippen LogP contribution is 2.22. The first-order chi connectivity index (χ1) is 11.1. The summed E-state index contributed by atoms with van der Waals surface area (Å²) in [6.07, 6.45) is 3.51. The first kappa shape index (κ1) is 15.6. The molecule has 116 valence electrons. The summed E-state index contributed by atoms with van der Waals surface area (Å²) in [5, 5.41) is 5.91. The van der Waals surface area contributed by atoms with Crippen LogP contribution in [0.4, 0.5) is 0 Å². The van der Waals surface area contributed by atoms with E-state index in [0.29, 0.717) is 15.6 Å². The van der Waals surface area contributed by atoms with E-state index in [1.165, 1.54) is 6.21 Å². The molecule has 3 aromatic rings. The van der Waals surface area contributed by atoms with Gasteiger partial charge in [0.05, 0.1) is 22.7 Å². The highest BCUT2D eigenvalue weighted by molar-refractivity contribution is 6.38. The fourth-order valence-corrected chi connectivity index (χ4v) is 2.79. The number of benzene rings is 2. The number of rotatable bonds is 4. The average Bonchev–Trinajstić information content (AvgIpc) is 2.93. The zero-order chi connectivity index (χ0) is 16.2. The molecule has 3 rings (SSSR count). The van der Waals surface area contributed by atoms with Crippen LogP contribution in [-0.4, -0.2) is 17.1 Å². The van der Waals surface area contributed by atoms with Crippen molar-refractivity contribution in [3.05, 3.63) is 69.8 Å². The van der Waals surface area contributed by atoms with Gasteiger partial charge in [0, 0.05) is 22.7 Å². The van der Waals surface area contributed by atoms with Crippen molar-refractivity contribution in [3.63, 3.8) is 0 Å². The van der Waals surface area contributed by atoms with Crippen LogP contribution in [0.3, 0.4) is 0 Å². The number of nitrogens with one attached hydrogen (secondary N) is 2. The molecule has 0 fully saturated rings. The van der Waals surface area contributed by atoms with Crippen molar-refractivity contribution >= 4 is 46.2 Å². The molecule has 6 heteroatoms. The monoisotopic (exact) mass is 345 g/mol. The number of hydrazone groups is 1. The Morgan fingerprint density at radius 1 is 1.13 bits per heavy atom. The second kappa shape index (κ2) is 6.86. The van der Waals surface area contributed by atoms with Crippen LogP contribution in [0.5, 0.6) is 0 Å². The summed E-state index contributed by atoms with van der Waals surface area (Å²) >= 11 is 12.1. The van der Waals surface area contributed by atoms with E-state index in [1.54, 1.807) is 18.2 Å². The molecule has 0 unspecified atom stereocenters. The van der Waals surface area contributed by atoms with Crippen molar-refractivity contribution in [1.82, 2.24) is 10.4 Å². The largest absolute Gasteiger partial charge is 0.361 e. The molecule has 0 aliphatic rings. The van der Waals surface area contributed by atoms with Gasteiger partial charge in [0.1, 0.15) is 0 Å². The van der Waals surface area contributed by atoms with Gasteiger partial charge in [0.15, 0.2) is 0 Å². The maximum absolute atomic E-state index is 12.0. The highest BCUT2D eigenvalue weighted by atomic mass is 35.5. The van der Waals surface area contributed by atoms with Crippen LogP contribution < -0.4 is 5.43 Å². The van der Waals surface area contributed by atoms with E-state index in [2.05, 4.69) is 15.5 Å². The smallest absolute Gasteiger partial charge is 0.244 e. The fourth-order valence-electron chi connectivity index (χ4n) is 2.29. The van der Waals surface area contributed by atoms with E-state index >= 15 is 0 Å². The minimum absolute atomic E-state index is 0.214. The topological polar surface area (TPSA) is 57.2 Å². The minimum atomic E-state index is -0.214. The number of hydrogen-bond donors (Lipinski definition) is 2. The van der Waals surface area contributed by atoms with Crippen molar-refractivity contribution in [1.29, 1.82) is 0 Å². The van der Waals surface area contributed by atoms with Gasteiger partial charge < -0.3 is 4.98 Å². The molecular weight excluding hydrogens is 333 g/mol. The van der Waals surface area contributed by atoms with Crippen LogP contribution in [0.2, 0.25) is 10.0 Å². The first-order valence-corrected chi connectivity index (χ1v) is 7.71. The Labute approximate surface area is 143 Å². The van der Waals surface area contributed by atoms with Gasteiger partial charge in [-0.2, -0.15) is 5.10 Å². The summed E-state index contributed by atoms with van der Waals surface area (Å²) in [5.41, 5.74) is 4.98. The van der Waals surface area contributed by atoms with Crippen LogP contribution in [0.25, 0.3) is 10.9 Å². The van der Waals surface area contributed by atoms with Gasteiger partial charge in [-0.15, -0.1) is 0 Å². The molecule has 0 saturated heterocycles. The van der Waals surface area contributed by atoms with Crippen molar-refractivity contribution in [3.8, 4) is 0 Å². The van der Waals surface area contributed by atoms with Gasteiger partial charge in [0.2, 0.25) is 5.91 Å². The molecule has 2 N–H and O–H groups in total. The van der Waals surface area contributed by atoms with Gasteiger partial charge in [-0.25, -0.2) is 5.43 Å². The SMILES string of the molecule is O=C(Cc1c[nH]c2ccccc12)NN=Cc1c(Cl)cccc1Cl. The Balaban J connectivity index is 1.67. The Kier molecular flexibility index (Phi) is 4.65. The average molecular weight is 346 g/mol. The third-order valence-electron chi connectivity index (χ3n) is 3.41. The molecule has 0 atom stereocenters. The second-order valence-electron chi connectivity index (χ2n) is 4.96. The third kappa shape index (κ3) is 3.55. The van der Waals surface area contributed by atoms with Crippen LogP contribution in [0.15, 0.2) is 53.8 Å². The first-order valence-electron chi connectivity index (χ1n) is 6.96. The van der Waals surface area contributed by atoms with Crippen molar-refractivity contribution in [2.75, 3.05) is 0 Å². The van der Waals surface area contributed by atoms with Crippen LogP contribution in [0, 0.1) is 0 Å². The summed E-state index contributed by atoms with van der Waals surface area (Å²) < 4.78 is 0. The van der Waals surface area contributed by atoms with E-state index in [9.17, 15) is 4.79 Å². The molecule has 0 aliphatic carbocycles. The Hall–Kier alpha value is -2.30. The Morgan fingerprint density at radius 2 is 1.87 bits per heavy atom. The molecule has 4 nitrogen and oxygen atoms in total. The number of carbonyl (C=O) groups is 1. The summed E-state index contributed by atoms with van der Waals surface area (Å²) in [5.74, 6) is -0.214. The van der Waals surface area contributed by atoms with E-state index in [4.69, 9.17) is 23.2 Å². The predicted octanol–water partition coefficient (Wildman–Crippen LogP) is 4.17. The predicted molar refractivity (Wildman–Crippen MR) is 94.2 cm³/mol. The number of fused-ring (bicyclic) bond motifs is 1. The maximum atomic E-state index is 12.0. The van der Waals surface area contributed by atoms with Crippen molar-refractivity contribution in [2.45, 2.75) is 6.42 Å². The summed E-state index contributed by atoms with van der Waals surface area (Å²) in [7, 11) is 0. The number of aromatic amines is 1. The summed E-state index contributed by atoms with van der Waals surface area (Å²) in [6.45, 7) is 0. The quantitative estimate of drug-likeness (QED) is 0.541. The zero-order valence-corrected chi connectivity index (χ0v) is 13.5. The molecule has 0 bridgehead atoms. The second-order valence-corrected chi connectivity index (χ2v) is 5.78. The molecule has 1 heterocycles. The molecule has 2 aromatic carbocycles. The van der Waals surface area contributed by atoms with Gasteiger partial charge in [-0.05, 0) is 23.8 Å². The molecule has 0 radical (unpaired) electrons. The molecule has 1 amide bonds. The van der Waals surface area contributed by atoms with Gasteiger partial charge in [-0.3, -0.25) is 4.79 Å². The summed E-state index contributed by atoms with van der Waals surface area (Å²) in [6, 6.07) is 13.0. The number of halogens is 2. The van der Waals surface area contributed by atoms with Gasteiger partial charge >= 0.3 is 0 Å². The third-order valence-corrected chi connectivity index (χ3v) is 4.07. The number of para-hydroxylation sites is 1. The van der Waals surface area contributed by atoms with E-state index in [0.717, 1.165) is 16.5 Å². The van der Waals surface area contributed by atoms with E-state index in [1.807, 2.05) is 30.5 Å². The summed E-state index contributed by atoms with van der Waals surface area (Å²) in [4.78, 5) is 15.1. The zero-order valence-electron chi connectivity index (χ0n) is 12.0. The van der Waals surface area contributed by atoms with E-state index in [-0.39, 0.29) is 12.3 Å². The maximum Gasteiger partial charge on any atom is 0.244 e. The van der Waals surface area contributed by atoms with Crippen LogP contribution >= 0.6 is 23.2 Å². The normalized spacial score (nSPS) is 11.2. The lowest BCUT2D eigenvalue weighted by atomic mass is 10.1. The number of amides is 1. The molecule has 0 spiro atoms. The number of H-pyrrole nitrogens is 1. The number of hydrogen-bond acceptors (Lipinski definition) is 2. The van der Waals surface area contributed by atoms with Crippen molar-refractivity contribution < 1.29 is 4.79 Å². The van der Waals surface area contributed by atoms with Crippen LogP contribution in [-0.2, 0) is 11.2 Å². The van der Waals surface area contributed by atoms with Gasteiger partial charge in [0.25, 0.3) is 0 Å². The number of nitrogens with zero attached hydrogens (tertiary/aromatic N) is 1. The van der Waals surface area contributed by atoms with Crippen molar-refractivity contribution in [2.24, 2.45) is 5.10 Å². The fraction of sp³-hybridized carbons (Fsp3) is 0.0588. The number of carbonyl (C=O) groups excluding carboxylic acids is 1. The lowest BCUT2D eigenvalue weighted by molar-refractivity contribution is -0.120. The molecular formula is C17H13Cl2N3O.